The summed E-state index contributed by atoms with van der Waals surface area (Å²) in [6.07, 6.45) is 1.41. The first-order valence-electron chi connectivity index (χ1n) is 5.68. The van der Waals surface area contributed by atoms with E-state index in [0.29, 0.717) is 11.4 Å². The molecule has 98 valence electrons. The quantitative estimate of drug-likeness (QED) is 0.857. The van der Waals surface area contributed by atoms with Gasteiger partial charge >= 0.3 is 5.97 Å². The minimum Gasteiger partial charge on any atom is -0.480 e. The fraction of sp³-hybridized carbons (Fsp3) is 0.154. The first kappa shape index (κ1) is 12.8. The number of hydrogen-bond acceptors (Lipinski definition) is 4. The van der Waals surface area contributed by atoms with Crippen molar-refractivity contribution in [3.8, 4) is 11.4 Å². The Morgan fingerprint density at radius 1 is 1.37 bits per heavy atom. The molecule has 0 aliphatic carbocycles. The van der Waals surface area contributed by atoms with E-state index in [2.05, 4.69) is 10.3 Å². The number of aliphatic carboxylic acids is 1. The standard InChI is InChI=1S/C13H13N3O3/c1-14-10-7-15-12(9-5-3-2-4-6-9)16(13(10)19)8-11(17)18/h2-7,14H,8H2,1H3,(H,17,18). The van der Waals surface area contributed by atoms with E-state index in [1.807, 2.05) is 6.07 Å². The van der Waals surface area contributed by atoms with E-state index >= 15 is 0 Å². The van der Waals surface area contributed by atoms with E-state index in [9.17, 15) is 9.59 Å². The van der Waals surface area contributed by atoms with Gasteiger partial charge in [-0.2, -0.15) is 0 Å². The SMILES string of the molecule is CNc1cnc(-c2ccccc2)n(CC(=O)O)c1=O. The van der Waals surface area contributed by atoms with E-state index in [-0.39, 0.29) is 5.69 Å². The fourth-order valence-corrected chi connectivity index (χ4v) is 1.76. The smallest absolute Gasteiger partial charge is 0.323 e. The summed E-state index contributed by atoms with van der Waals surface area (Å²) in [5, 5.41) is 11.6. The van der Waals surface area contributed by atoms with Crippen molar-refractivity contribution in [2.75, 3.05) is 12.4 Å². The molecule has 0 saturated heterocycles. The Bertz CT molecular complexity index is 650. The van der Waals surface area contributed by atoms with Gasteiger partial charge < -0.3 is 10.4 Å². The van der Waals surface area contributed by atoms with E-state index in [1.165, 1.54) is 6.20 Å². The second-order valence-corrected chi connectivity index (χ2v) is 3.90. The number of carboxylic acids is 1. The second kappa shape index (κ2) is 5.34. The summed E-state index contributed by atoms with van der Waals surface area (Å²) in [5.41, 5.74) is 0.559. The number of carbonyl (C=O) groups is 1. The van der Waals surface area contributed by atoms with Gasteiger partial charge in [0.25, 0.3) is 5.56 Å². The van der Waals surface area contributed by atoms with Crippen molar-refractivity contribution in [3.05, 3.63) is 46.9 Å². The summed E-state index contributed by atoms with van der Waals surface area (Å²) in [5.74, 6) is -0.749. The van der Waals surface area contributed by atoms with E-state index in [4.69, 9.17) is 5.11 Å². The lowest BCUT2D eigenvalue weighted by atomic mass is 10.2. The van der Waals surface area contributed by atoms with Crippen LogP contribution in [0.1, 0.15) is 0 Å². The molecule has 0 bridgehead atoms. The lowest BCUT2D eigenvalue weighted by Gasteiger charge is -2.11. The largest absolute Gasteiger partial charge is 0.480 e. The van der Waals surface area contributed by atoms with Gasteiger partial charge in [-0.1, -0.05) is 30.3 Å². The Morgan fingerprint density at radius 2 is 2.05 bits per heavy atom. The molecular weight excluding hydrogens is 246 g/mol. The molecule has 0 saturated carbocycles. The van der Waals surface area contributed by atoms with Crippen molar-refractivity contribution < 1.29 is 9.90 Å². The molecule has 1 heterocycles. The topological polar surface area (TPSA) is 84.2 Å². The molecule has 0 radical (unpaired) electrons. The number of nitrogens with one attached hydrogen (secondary N) is 1. The minimum atomic E-state index is -1.09. The number of nitrogens with zero attached hydrogens (tertiary/aromatic N) is 2. The van der Waals surface area contributed by atoms with E-state index in [0.717, 1.165) is 4.57 Å². The van der Waals surface area contributed by atoms with Crippen LogP contribution in [-0.2, 0) is 11.3 Å². The molecule has 0 atom stereocenters. The zero-order valence-corrected chi connectivity index (χ0v) is 10.3. The molecule has 2 rings (SSSR count). The van der Waals surface area contributed by atoms with Crippen LogP contribution in [0.15, 0.2) is 41.3 Å². The molecule has 1 aromatic carbocycles. The van der Waals surface area contributed by atoms with Crippen LogP contribution in [0.2, 0.25) is 0 Å². The van der Waals surface area contributed by atoms with Crippen molar-refractivity contribution in [3.63, 3.8) is 0 Å². The summed E-state index contributed by atoms with van der Waals surface area (Å²) < 4.78 is 1.14. The average molecular weight is 259 g/mol. The summed E-state index contributed by atoms with van der Waals surface area (Å²) >= 11 is 0. The van der Waals surface area contributed by atoms with E-state index < -0.39 is 18.1 Å². The van der Waals surface area contributed by atoms with Gasteiger partial charge in [-0.05, 0) is 0 Å². The lowest BCUT2D eigenvalue weighted by Crippen LogP contribution is -2.28. The number of aromatic nitrogens is 2. The maximum absolute atomic E-state index is 12.1. The number of anilines is 1. The van der Waals surface area contributed by atoms with Crippen LogP contribution in [0.5, 0.6) is 0 Å². The van der Waals surface area contributed by atoms with Crippen LogP contribution in [0, 0.1) is 0 Å². The first-order chi connectivity index (χ1) is 9.13. The number of carboxylic acid groups (broad SMARTS) is 1. The third-order valence-electron chi connectivity index (χ3n) is 2.64. The van der Waals surface area contributed by atoms with Crippen LogP contribution in [0.3, 0.4) is 0 Å². The van der Waals surface area contributed by atoms with Crippen LogP contribution < -0.4 is 10.9 Å². The number of hydrogen-bond donors (Lipinski definition) is 2. The highest BCUT2D eigenvalue weighted by atomic mass is 16.4. The highest BCUT2D eigenvalue weighted by molar-refractivity contribution is 5.68. The van der Waals surface area contributed by atoms with Crippen LogP contribution in [0.25, 0.3) is 11.4 Å². The monoisotopic (exact) mass is 259 g/mol. The van der Waals surface area contributed by atoms with Gasteiger partial charge in [-0.25, -0.2) is 4.98 Å². The number of benzene rings is 1. The van der Waals surface area contributed by atoms with Gasteiger partial charge in [0.15, 0.2) is 0 Å². The van der Waals surface area contributed by atoms with Gasteiger partial charge in [-0.15, -0.1) is 0 Å². The average Bonchev–Trinajstić information content (AvgIpc) is 2.41. The normalized spacial score (nSPS) is 10.2. The molecule has 6 nitrogen and oxygen atoms in total. The third kappa shape index (κ3) is 2.62. The zero-order valence-electron chi connectivity index (χ0n) is 10.3. The highest BCUT2D eigenvalue weighted by Crippen LogP contribution is 2.15. The van der Waals surface area contributed by atoms with Gasteiger partial charge in [0.2, 0.25) is 0 Å². The summed E-state index contributed by atoms with van der Waals surface area (Å²) in [4.78, 5) is 27.2. The minimum absolute atomic E-state index is 0.265. The maximum Gasteiger partial charge on any atom is 0.323 e. The second-order valence-electron chi connectivity index (χ2n) is 3.90. The van der Waals surface area contributed by atoms with Gasteiger partial charge in [0.05, 0.1) is 6.20 Å². The van der Waals surface area contributed by atoms with Crippen molar-refractivity contribution in [1.82, 2.24) is 9.55 Å². The molecule has 1 aromatic heterocycles. The Morgan fingerprint density at radius 3 is 2.63 bits per heavy atom. The summed E-state index contributed by atoms with van der Waals surface area (Å²) in [7, 11) is 1.59. The Balaban J connectivity index is 2.64. The van der Waals surface area contributed by atoms with Crippen molar-refractivity contribution in [2.45, 2.75) is 6.54 Å². The fourth-order valence-electron chi connectivity index (χ4n) is 1.76. The molecule has 2 N–H and O–H groups in total. The van der Waals surface area contributed by atoms with Gasteiger partial charge in [-0.3, -0.25) is 14.2 Å². The first-order valence-corrected chi connectivity index (χ1v) is 5.68. The zero-order chi connectivity index (χ0) is 13.8. The molecule has 0 fully saturated rings. The van der Waals surface area contributed by atoms with Crippen LogP contribution >= 0.6 is 0 Å². The Hall–Kier alpha value is -2.63. The molecule has 0 spiro atoms. The molecule has 0 aliphatic rings. The lowest BCUT2D eigenvalue weighted by molar-refractivity contribution is -0.137. The summed E-state index contributed by atoms with van der Waals surface area (Å²) in [6, 6.07) is 9.00. The molecular formula is C13H13N3O3. The van der Waals surface area contributed by atoms with Crippen LogP contribution in [-0.4, -0.2) is 27.7 Å². The van der Waals surface area contributed by atoms with Gasteiger partial charge in [0.1, 0.15) is 18.1 Å². The van der Waals surface area contributed by atoms with Crippen molar-refractivity contribution in [1.29, 1.82) is 0 Å². The molecule has 0 amide bonds. The predicted octanol–water partition coefficient (Wildman–Crippen LogP) is 1.04. The third-order valence-corrected chi connectivity index (χ3v) is 2.64. The van der Waals surface area contributed by atoms with E-state index in [1.54, 1.807) is 31.3 Å². The Labute approximate surface area is 109 Å². The summed E-state index contributed by atoms with van der Waals surface area (Å²) in [6.45, 7) is -0.425. The van der Waals surface area contributed by atoms with Crippen LogP contribution in [0.4, 0.5) is 5.69 Å². The molecule has 0 unspecified atom stereocenters. The predicted molar refractivity (Wildman–Crippen MR) is 71.1 cm³/mol. The maximum atomic E-state index is 12.1. The van der Waals surface area contributed by atoms with Gasteiger partial charge in [0, 0.05) is 12.6 Å². The molecule has 19 heavy (non-hydrogen) atoms. The highest BCUT2D eigenvalue weighted by Gasteiger charge is 2.13. The Kier molecular flexibility index (Phi) is 3.61. The molecule has 6 heteroatoms. The van der Waals surface area contributed by atoms with Crippen molar-refractivity contribution >= 4 is 11.7 Å². The van der Waals surface area contributed by atoms with Crippen molar-refractivity contribution in [2.24, 2.45) is 0 Å². The number of rotatable bonds is 4. The molecule has 2 aromatic rings. The molecule has 0 aliphatic heterocycles.